The molecule has 2 rings (SSSR count). The van der Waals surface area contributed by atoms with Crippen LogP contribution >= 0.6 is 34.7 Å². The molecule has 0 aliphatic carbocycles. The number of halogens is 4. The van der Waals surface area contributed by atoms with Gasteiger partial charge in [0.15, 0.2) is 0 Å². The van der Waals surface area contributed by atoms with Crippen molar-refractivity contribution in [2.45, 2.75) is 24.0 Å². The maximum Gasteiger partial charge on any atom is 0.417 e. The van der Waals surface area contributed by atoms with Gasteiger partial charge in [0.05, 0.1) is 22.4 Å². The average molecular weight is 380 g/mol. The number of benzene rings is 1. The first-order valence-electron chi connectivity index (χ1n) is 6.59. The fourth-order valence-electron chi connectivity index (χ4n) is 1.85. The molecular formula is C15H13ClF3NOS2. The molecule has 1 atom stereocenters. The summed E-state index contributed by atoms with van der Waals surface area (Å²) in [7, 11) is 0. The molecule has 1 aromatic carbocycles. The lowest BCUT2D eigenvalue weighted by Gasteiger charge is -2.13. The predicted molar refractivity (Wildman–Crippen MR) is 88.1 cm³/mol. The van der Waals surface area contributed by atoms with Gasteiger partial charge in [-0.05, 0) is 36.6 Å². The normalized spacial score (nSPS) is 12.9. The number of rotatable bonds is 5. The molecule has 23 heavy (non-hydrogen) atoms. The van der Waals surface area contributed by atoms with Crippen molar-refractivity contribution >= 4 is 40.6 Å². The number of hydrogen-bond acceptors (Lipinski definition) is 3. The second-order valence-electron chi connectivity index (χ2n) is 4.73. The third kappa shape index (κ3) is 5.16. The van der Waals surface area contributed by atoms with Crippen molar-refractivity contribution in [2.24, 2.45) is 0 Å². The van der Waals surface area contributed by atoms with Gasteiger partial charge in [-0.25, -0.2) is 0 Å². The Hall–Kier alpha value is -1.18. The minimum absolute atomic E-state index is 0.0364. The summed E-state index contributed by atoms with van der Waals surface area (Å²) in [6.07, 6.45) is -4.51. The molecule has 124 valence electrons. The van der Waals surface area contributed by atoms with Gasteiger partial charge in [0.2, 0.25) is 5.91 Å². The summed E-state index contributed by atoms with van der Waals surface area (Å²) in [5.41, 5.74) is -0.892. The molecule has 0 spiro atoms. The molecule has 2 aromatic rings. The fourth-order valence-corrected chi connectivity index (χ4v) is 3.56. The first-order chi connectivity index (χ1) is 10.8. The third-order valence-corrected chi connectivity index (χ3v) is 5.34. The molecule has 0 aliphatic heterocycles. The van der Waals surface area contributed by atoms with Crippen molar-refractivity contribution in [3.63, 3.8) is 0 Å². The van der Waals surface area contributed by atoms with Crippen molar-refractivity contribution in [2.75, 3.05) is 5.75 Å². The van der Waals surface area contributed by atoms with Gasteiger partial charge in [-0.15, -0.1) is 23.1 Å². The van der Waals surface area contributed by atoms with Gasteiger partial charge in [0.1, 0.15) is 0 Å². The van der Waals surface area contributed by atoms with E-state index >= 15 is 0 Å². The lowest BCUT2D eigenvalue weighted by atomic mass is 10.2. The molecule has 1 N–H and O–H groups in total. The minimum atomic E-state index is -4.51. The maximum atomic E-state index is 12.8. The number of thiophene rings is 1. The van der Waals surface area contributed by atoms with E-state index in [9.17, 15) is 18.0 Å². The van der Waals surface area contributed by atoms with E-state index in [2.05, 4.69) is 5.32 Å². The SMILES string of the molecule is CC(NC(=O)CSc1ccc(Cl)c(C(F)(F)F)c1)c1cccs1. The van der Waals surface area contributed by atoms with Crippen LogP contribution in [0.4, 0.5) is 13.2 Å². The van der Waals surface area contributed by atoms with Crippen LogP contribution in [-0.4, -0.2) is 11.7 Å². The summed E-state index contributed by atoms with van der Waals surface area (Å²) in [6, 6.07) is 7.31. The number of nitrogens with one attached hydrogen (secondary N) is 1. The van der Waals surface area contributed by atoms with Crippen LogP contribution in [0.2, 0.25) is 5.02 Å². The Morgan fingerprint density at radius 3 is 2.74 bits per heavy atom. The molecule has 0 bridgehead atoms. The number of thioether (sulfide) groups is 1. The summed E-state index contributed by atoms with van der Waals surface area (Å²) < 4.78 is 38.4. The van der Waals surface area contributed by atoms with E-state index in [0.29, 0.717) is 4.90 Å². The molecule has 0 fully saturated rings. The van der Waals surface area contributed by atoms with Gasteiger partial charge in [0, 0.05) is 9.77 Å². The van der Waals surface area contributed by atoms with Crippen LogP contribution in [0.5, 0.6) is 0 Å². The van der Waals surface area contributed by atoms with E-state index in [1.54, 1.807) is 0 Å². The van der Waals surface area contributed by atoms with E-state index in [1.807, 2.05) is 24.4 Å². The quantitative estimate of drug-likeness (QED) is 0.706. The van der Waals surface area contributed by atoms with Crippen LogP contribution in [0, 0.1) is 0 Å². The first kappa shape index (κ1) is 18.2. The Balaban J connectivity index is 1.94. The zero-order valence-corrected chi connectivity index (χ0v) is 14.4. The average Bonchev–Trinajstić information content (AvgIpc) is 2.99. The Kier molecular flexibility index (Phi) is 6.00. The summed E-state index contributed by atoms with van der Waals surface area (Å²) >= 11 is 8.13. The number of alkyl halides is 3. The lowest BCUT2D eigenvalue weighted by molar-refractivity contribution is -0.137. The number of carbonyl (C=O) groups excluding carboxylic acids is 1. The standard InChI is InChI=1S/C15H13ClF3NOS2/c1-9(13-3-2-6-22-13)20-14(21)8-23-10-4-5-12(16)11(7-10)15(17,18)19/h2-7,9H,8H2,1H3,(H,20,21). The highest BCUT2D eigenvalue weighted by Crippen LogP contribution is 2.37. The zero-order valence-electron chi connectivity index (χ0n) is 12.0. The Morgan fingerprint density at radius 1 is 1.39 bits per heavy atom. The molecule has 0 saturated heterocycles. The summed E-state index contributed by atoms with van der Waals surface area (Å²) in [4.78, 5) is 13.3. The molecule has 0 saturated carbocycles. The summed E-state index contributed by atoms with van der Waals surface area (Å²) in [5, 5.41) is 4.38. The summed E-state index contributed by atoms with van der Waals surface area (Å²) in [5.74, 6) is -0.200. The number of carbonyl (C=O) groups is 1. The van der Waals surface area contributed by atoms with Crippen molar-refractivity contribution in [3.8, 4) is 0 Å². The third-order valence-electron chi connectivity index (χ3n) is 2.96. The molecule has 0 radical (unpaired) electrons. The molecule has 1 heterocycles. The van der Waals surface area contributed by atoms with Crippen molar-refractivity contribution in [1.29, 1.82) is 0 Å². The summed E-state index contributed by atoms with van der Waals surface area (Å²) in [6.45, 7) is 1.86. The lowest BCUT2D eigenvalue weighted by Crippen LogP contribution is -2.27. The van der Waals surface area contributed by atoms with E-state index in [4.69, 9.17) is 11.6 Å². The molecule has 0 aliphatic rings. The molecule has 1 unspecified atom stereocenters. The largest absolute Gasteiger partial charge is 0.417 e. The smallest absolute Gasteiger partial charge is 0.348 e. The van der Waals surface area contributed by atoms with Crippen LogP contribution in [0.1, 0.15) is 23.4 Å². The minimum Gasteiger partial charge on any atom is -0.348 e. The number of amides is 1. The second kappa shape index (κ2) is 7.59. The van der Waals surface area contributed by atoms with Crippen LogP contribution in [0.15, 0.2) is 40.6 Å². The number of hydrogen-bond donors (Lipinski definition) is 1. The Labute approximate surface area is 145 Å². The Bertz CT molecular complexity index is 674. The van der Waals surface area contributed by atoms with Gasteiger partial charge in [-0.2, -0.15) is 13.2 Å². The van der Waals surface area contributed by atoms with E-state index in [1.165, 1.54) is 23.5 Å². The monoisotopic (exact) mass is 379 g/mol. The molecule has 8 heteroatoms. The van der Waals surface area contributed by atoms with Gasteiger partial charge in [-0.3, -0.25) is 4.79 Å². The van der Waals surface area contributed by atoms with Gasteiger partial charge in [0.25, 0.3) is 0 Å². The van der Waals surface area contributed by atoms with Crippen molar-refractivity contribution < 1.29 is 18.0 Å². The van der Waals surface area contributed by atoms with E-state index in [0.717, 1.165) is 22.7 Å². The van der Waals surface area contributed by atoms with E-state index < -0.39 is 11.7 Å². The van der Waals surface area contributed by atoms with Crippen molar-refractivity contribution in [1.82, 2.24) is 5.32 Å². The van der Waals surface area contributed by atoms with Gasteiger partial charge in [-0.1, -0.05) is 17.7 Å². The van der Waals surface area contributed by atoms with Gasteiger partial charge >= 0.3 is 6.18 Å². The maximum absolute atomic E-state index is 12.8. The Morgan fingerprint density at radius 2 is 2.13 bits per heavy atom. The van der Waals surface area contributed by atoms with E-state index in [-0.39, 0.29) is 22.7 Å². The topological polar surface area (TPSA) is 29.1 Å². The van der Waals surface area contributed by atoms with Crippen LogP contribution < -0.4 is 5.32 Å². The van der Waals surface area contributed by atoms with Crippen LogP contribution in [0.3, 0.4) is 0 Å². The molecular weight excluding hydrogens is 367 g/mol. The molecule has 1 amide bonds. The zero-order chi connectivity index (χ0) is 17.0. The predicted octanol–water partition coefficient (Wildman–Crippen LogP) is 5.39. The second-order valence-corrected chi connectivity index (χ2v) is 7.17. The molecule has 2 nitrogen and oxygen atoms in total. The van der Waals surface area contributed by atoms with Crippen molar-refractivity contribution in [3.05, 3.63) is 51.2 Å². The van der Waals surface area contributed by atoms with Crippen LogP contribution in [0.25, 0.3) is 0 Å². The molecule has 1 aromatic heterocycles. The van der Waals surface area contributed by atoms with Crippen LogP contribution in [-0.2, 0) is 11.0 Å². The first-order valence-corrected chi connectivity index (χ1v) is 8.84. The fraction of sp³-hybridized carbons (Fsp3) is 0.267. The highest BCUT2D eigenvalue weighted by Gasteiger charge is 2.33. The van der Waals surface area contributed by atoms with Gasteiger partial charge < -0.3 is 5.32 Å². The highest BCUT2D eigenvalue weighted by molar-refractivity contribution is 8.00. The highest BCUT2D eigenvalue weighted by atomic mass is 35.5.